The van der Waals surface area contributed by atoms with Crippen LogP contribution >= 0.6 is 23.2 Å². The fraction of sp³-hybridized carbons (Fsp3) is 0.333. The molecule has 0 bridgehead atoms. The summed E-state index contributed by atoms with van der Waals surface area (Å²) in [4.78, 5) is 16.5. The van der Waals surface area contributed by atoms with Crippen molar-refractivity contribution in [1.82, 2.24) is 9.55 Å². The monoisotopic (exact) mass is 286 g/mol. The summed E-state index contributed by atoms with van der Waals surface area (Å²) in [7, 11) is 1.48. The summed E-state index contributed by atoms with van der Waals surface area (Å²) in [6.45, 7) is 3.80. The van der Waals surface area contributed by atoms with Gasteiger partial charge in [-0.25, -0.2) is 4.98 Å². The minimum absolute atomic E-state index is 0.00661. The summed E-state index contributed by atoms with van der Waals surface area (Å²) < 4.78 is 6.68. The average Bonchev–Trinajstić information content (AvgIpc) is 2.28. The Labute approximate surface area is 114 Å². The van der Waals surface area contributed by atoms with E-state index in [1.807, 2.05) is 13.8 Å². The smallest absolute Gasteiger partial charge is 0.263 e. The number of nitrogens with zero attached hydrogens (tertiary/aromatic N) is 2. The Morgan fingerprint density at radius 1 is 1.33 bits per heavy atom. The van der Waals surface area contributed by atoms with Crippen LogP contribution in [0.5, 0.6) is 5.75 Å². The minimum Gasteiger partial charge on any atom is -0.493 e. The van der Waals surface area contributed by atoms with E-state index in [1.165, 1.54) is 24.1 Å². The number of benzene rings is 1. The van der Waals surface area contributed by atoms with E-state index in [1.54, 1.807) is 0 Å². The van der Waals surface area contributed by atoms with Gasteiger partial charge in [0.25, 0.3) is 5.56 Å². The molecule has 4 nitrogen and oxygen atoms in total. The molecule has 0 unspecified atom stereocenters. The number of rotatable bonds is 2. The van der Waals surface area contributed by atoms with Crippen molar-refractivity contribution in [3.63, 3.8) is 0 Å². The van der Waals surface area contributed by atoms with E-state index in [-0.39, 0.29) is 16.6 Å². The molecule has 2 aromatic rings. The number of hydrogen-bond donors (Lipinski definition) is 0. The van der Waals surface area contributed by atoms with Crippen molar-refractivity contribution in [2.75, 3.05) is 7.11 Å². The van der Waals surface area contributed by atoms with Crippen LogP contribution in [0.2, 0.25) is 10.0 Å². The number of halogens is 2. The summed E-state index contributed by atoms with van der Waals surface area (Å²) >= 11 is 12.1. The molecule has 1 heterocycles. The molecule has 0 spiro atoms. The zero-order valence-corrected chi connectivity index (χ0v) is 11.7. The van der Waals surface area contributed by atoms with Crippen molar-refractivity contribution < 1.29 is 4.74 Å². The molecule has 0 saturated carbocycles. The van der Waals surface area contributed by atoms with Crippen LogP contribution in [-0.2, 0) is 0 Å². The molecule has 0 aliphatic carbocycles. The third kappa shape index (κ3) is 1.95. The van der Waals surface area contributed by atoms with Crippen molar-refractivity contribution in [3.05, 3.63) is 32.8 Å². The molecule has 1 aromatic carbocycles. The molecule has 0 saturated heterocycles. The lowest BCUT2D eigenvalue weighted by atomic mass is 10.2. The quantitative estimate of drug-likeness (QED) is 0.851. The van der Waals surface area contributed by atoms with Crippen LogP contribution < -0.4 is 10.3 Å². The van der Waals surface area contributed by atoms with Gasteiger partial charge < -0.3 is 4.74 Å². The van der Waals surface area contributed by atoms with Crippen LogP contribution in [0.25, 0.3) is 10.9 Å². The zero-order valence-electron chi connectivity index (χ0n) is 10.2. The molecular weight excluding hydrogens is 275 g/mol. The second kappa shape index (κ2) is 4.78. The van der Waals surface area contributed by atoms with E-state index < -0.39 is 0 Å². The molecule has 1 aromatic heterocycles. The van der Waals surface area contributed by atoms with Gasteiger partial charge in [0, 0.05) is 6.04 Å². The molecule has 0 fully saturated rings. The molecule has 0 aliphatic rings. The van der Waals surface area contributed by atoms with E-state index in [9.17, 15) is 4.79 Å². The molecular formula is C12H12Cl2N2O2. The molecule has 2 rings (SSSR count). The Kier molecular flexibility index (Phi) is 3.50. The van der Waals surface area contributed by atoms with Crippen molar-refractivity contribution in [1.29, 1.82) is 0 Å². The van der Waals surface area contributed by atoms with Crippen molar-refractivity contribution in [2.24, 2.45) is 0 Å². The highest BCUT2D eigenvalue weighted by atomic mass is 35.5. The topological polar surface area (TPSA) is 44.1 Å². The van der Waals surface area contributed by atoms with Gasteiger partial charge in [-0.3, -0.25) is 9.36 Å². The van der Waals surface area contributed by atoms with E-state index in [2.05, 4.69) is 4.98 Å². The summed E-state index contributed by atoms with van der Waals surface area (Å²) in [6.07, 6.45) is 1.48. The van der Waals surface area contributed by atoms with Gasteiger partial charge in [0.1, 0.15) is 5.52 Å². The lowest BCUT2D eigenvalue weighted by molar-refractivity contribution is 0.418. The predicted octanol–water partition coefficient (Wildman–Crippen LogP) is 3.29. The molecule has 96 valence electrons. The van der Waals surface area contributed by atoms with Gasteiger partial charge in [0.2, 0.25) is 0 Å². The number of ether oxygens (including phenoxy) is 1. The lowest BCUT2D eigenvalue weighted by Crippen LogP contribution is -2.22. The Hall–Kier alpha value is -1.26. The van der Waals surface area contributed by atoms with Crippen molar-refractivity contribution in [2.45, 2.75) is 19.9 Å². The van der Waals surface area contributed by atoms with Crippen LogP contribution in [-0.4, -0.2) is 16.7 Å². The summed E-state index contributed by atoms with van der Waals surface area (Å²) in [5, 5.41) is 0.946. The van der Waals surface area contributed by atoms with Crippen LogP contribution in [0, 0.1) is 0 Å². The van der Waals surface area contributed by atoms with Gasteiger partial charge >= 0.3 is 0 Å². The minimum atomic E-state index is -0.199. The second-order valence-corrected chi connectivity index (χ2v) is 4.96. The summed E-state index contributed by atoms with van der Waals surface area (Å²) in [5.41, 5.74) is 0.187. The third-order valence-electron chi connectivity index (χ3n) is 2.68. The zero-order chi connectivity index (χ0) is 13.4. The van der Waals surface area contributed by atoms with Crippen LogP contribution in [0.15, 0.2) is 17.2 Å². The van der Waals surface area contributed by atoms with Gasteiger partial charge in [-0.15, -0.1) is 0 Å². The largest absolute Gasteiger partial charge is 0.493 e. The first-order chi connectivity index (χ1) is 8.47. The van der Waals surface area contributed by atoms with Gasteiger partial charge in [0.15, 0.2) is 5.75 Å². The first kappa shape index (κ1) is 13.2. The summed E-state index contributed by atoms with van der Waals surface area (Å²) in [5.74, 6) is 0.365. The first-order valence-electron chi connectivity index (χ1n) is 5.40. The standard InChI is InChI=1S/C12H12Cl2N2O2/c1-6(2)16-5-15-10-9(12(16)17)7(13)4-8(14)11(10)18-3/h4-6H,1-3H3. The normalized spacial score (nSPS) is 11.2. The van der Waals surface area contributed by atoms with E-state index in [0.717, 1.165) is 0 Å². The van der Waals surface area contributed by atoms with E-state index in [0.29, 0.717) is 21.7 Å². The van der Waals surface area contributed by atoms with Crippen molar-refractivity contribution >= 4 is 34.1 Å². The van der Waals surface area contributed by atoms with Gasteiger partial charge in [-0.2, -0.15) is 0 Å². The molecule has 0 radical (unpaired) electrons. The molecule has 0 aliphatic heterocycles. The molecule has 18 heavy (non-hydrogen) atoms. The maximum Gasteiger partial charge on any atom is 0.263 e. The highest BCUT2D eigenvalue weighted by Crippen LogP contribution is 2.35. The Bertz CT molecular complexity index is 665. The number of aromatic nitrogens is 2. The highest BCUT2D eigenvalue weighted by Gasteiger charge is 2.16. The number of hydrogen-bond acceptors (Lipinski definition) is 3. The van der Waals surface area contributed by atoms with Crippen LogP contribution in [0.3, 0.4) is 0 Å². The fourth-order valence-electron chi connectivity index (χ4n) is 1.78. The van der Waals surface area contributed by atoms with Crippen LogP contribution in [0.1, 0.15) is 19.9 Å². The third-order valence-corrected chi connectivity index (χ3v) is 3.26. The average molecular weight is 287 g/mol. The molecule has 0 atom stereocenters. The van der Waals surface area contributed by atoms with Gasteiger partial charge in [-0.05, 0) is 19.9 Å². The highest BCUT2D eigenvalue weighted by molar-refractivity contribution is 6.39. The Morgan fingerprint density at radius 2 is 2.00 bits per heavy atom. The number of fused-ring (bicyclic) bond motifs is 1. The Balaban J connectivity index is 2.95. The van der Waals surface area contributed by atoms with Gasteiger partial charge in [-0.1, -0.05) is 23.2 Å². The van der Waals surface area contributed by atoms with Crippen molar-refractivity contribution in [3.8, 4) is 5.75 Å². The molecule has 0 amide bonds. The lowest BCUT2D eigenvalue weighted by Gasteiger charge is -2.13. The summed E-state index contributed by atoms with van der Waals surface area (Å²) in [6, 6.07) is 1.50. The Morgan fingerprint density at radius 3 is 2.56 bits per heavy atom. The maximum atomic E-state index is 12.3. The van der Waals surface area contributed by atoms with Gasteiger partial charge in [0.05, 0.1) is 28.9 Å². The first-order valence-corrected chi connectivity index (χ1v) is 6.15. The molecule has 0 N–H and O–H groups in total. The second-order valence-electron chi connectivity index (χ2n) is 4.15. The number of methoxy groups -OCH3 is 1. The fourth-order valence-corrected chi connectivity index (χ4v) is 2.39. The van der Waals surface area contributed by atoms with Crippen LogP contribution in [0.4, 0.5) is 0 Å². The predicted molar refractivity (Wildman–Crippen MR) is 73.0 cm³/mol. The molecule has 6 heteroatoms. The SMILES string of the molecule is COc1c(Cl)cc(Cl)c2c(=O)n(C(C)C)cnc12. The van der Waals surface area contributed by atoms with E-state index in [4.69, 9.17) is 27.9 Å². The maximum absolute atomic E-state index is 12.3. The van der Waals surface area contributed by atoms with E-state index >= 15 is 0 Å².